The van der Waals surface area contributed by atoms with Gasteiger partial charge in [-0.25, -0.2) is 0 Å². The first-order chi connectivity index (χ1) is 12.5. The van der Waals surface area contributed by atoms with E-state index in [0.717, 1.165) is 40.8 Å². The van der Waals surface area contributed by atoms with Crippen molar-refractivity contribution < 1.29 is 9.59 Å². The van der Waals surface area contributed by atoms with Crippen LogP contribution in [0.25, 0.3) is 11.8 Å². The molecule has 2 amide bonds. The minimum atomic E-state index is -0.251. The molecule has 1 aromatic heterocycles. The van der Waals surface area contributed by atoms with Crippen molar-refractivity contribution in [3.05, 3.63) is 70.4 Å². The van der Waals surface area contributed by atoms with Crippen molar-refractivity contribution in [2.75, 3.05) is 6.54 Å². The summed E-state index contributed by atoms with van der Waals surface area (Å²) < 4.78 is 2.21. The average Bonchev–Trinajstić information content (AvgIpc) is 3.05. The molecule has 0 saturated carbocycles. The van der Waals surface area contributed by atoms with Crippen LogP contribution in [0.3, 0.4) is 0 Å². The number of para-hydroxylation sites is 1. The van der Waals surface area contributed by atoms with Gasteiger partial charge in [-0.1, -0.05) is 31.2 Å². The number of amides is 2. The van der Waals surface area contributed by atoms with Crippen molar-refractivity contribution >= 4 is 29.0 Å². The minimum absolute atomic E-state index is 0.241. The van der Waals surface area contributed by atoms with E-state index >= 15 is 0 Å². The van der Waals surface area contributed by atoms with E-state index in [1.807, 2.05) is 25.1 Å². The molecule has 134 valence electrons. The van der Waals surface area contributed by atoms with Gasteiger partial charge in [0.15, 0.2) is 0 Å². The fourth-order valence-electron chi connectivity index (χ4n) is 3.26. The van der Waals surface area contributed by atoms with E-state index in [4.69, 9.17) is 0 Å². The van der Waals surface area contributed by atoms with Gasteiger partial charge in [-0.2, -0.15) is 0 Å². The molecule has 0 spiro atoms. The quantitative estimate of drug-likeness (QED) is 0.559. The van der Waals surface area contributed by atoms with Crippen LogP contribution in [0.15, 0.2) is 47.9 Å². The number of benzene rings is 1. The van der Waals surface area contributed by atoms with Crippen molar-refractivity contribution in [3.63, 3.8) is 0 Å². The van der Waals surface area contributed by atoms with E-state index in [1.165, 1.54) is 10.5 Å². The molecule has 0 aliphatic carbocycles. The Labute approximate surface area is 158 Å². The predicted molar refractivity (Wildman–Crippen MR) is 107 cm³/mol. The summed E-state index contributed by atoms with van der Waals surface area (Å²) in [5, 5.41) is -0.244. The van der Waals surface area contributed by atoms with Gasteiger partial charge in [0.05, 0.1) is 4.91 Å². The van der Waals surface area contributed by atoms with E-state index in [0.29, 0.717) is 4.91 Å². The third kappa shape index (κ3) is 3.15. The molecule has 0 unspecified atom stereocenters. The molecule has 5 heteroatoms. The van der Waals surface area contributed by atoms with Gasteiger partial charge in [0, 0.05) is 23.6 Å². The summed E-state index contributed by atoms with van der Waals surface area (Å²) in [6.45, 7) is 10.1. The van der Waals surface area contributed by atoms with Crippen molar-refractivity contribution in [1.82, 2.24) is 9.47 Å². The lowest BCUT2D eigenvalue weighted by atomic mass is 10.1. The van der Waals surface area contributed by atoms with Crippen LogP contribution in [0.2, 0.25) is 0 Å². The maximum atomic E-state index is 12.4. The van der Waals surface area contributed by atoms with Gasteiger partial charge in [-0.15, -0.1) is 6.58 Å². The first kappa shape index (κ1) is 18.3. The molecule has 1 aromatic carbocycles. The molecule has 26 heavy (non-hydrogen) atoms. The highest BCUT2D eigenvalue weighted by molar-refractivity contribution is 8.18. The molecule has 0 atom stereocenters. The molecule has 3 rings (SSSR count). The molecule has 4 nitrogen and oxygen atoms in total. The van der Waals surface area contributed by atoms with Crippen molar-refractivity contribution in [2.45, 2.75) is 27.2 Å². The molecule has 0 N–H and O–H groups in total. The van der Waals surface area contributed by atoms with E-state index < -0.39 is 0 Å². The van der Waals surface area contributed by atoms with E-state index in [2.05, 4.69) is 43.2 Å². The molecule has 0 radical (unpaired) electrons. The molecule has 1 saturated heterocycles. The second kappa shape index (κ2) is 7.38. The van der Waals surface area contributed by atoms with Crippen LogP contribution < -0.4 is 0 Å². The highest BCUT2D eigenvalue weighted by atomic mass is 32.2. The van der Waals surface area contributed by atoms with Crippen LogP contribution in [-0.4, -0.2) is 27.2 Å². The summed E-state index contributed by atoms with van der Waals surface area (Å²) in [7, 11) is 0. The highest BCUT2D eigenvalue weighted by Gasteiger charge is 2.34. The van der Waals surface area contributed by atoms with Crippen LogP contribution in [0, 0.1) is 13.8 Å². The number of hydrogen-bond acceptors (Lipinski definition) is 3. The predicted octanol–water partition coefficient (Wildman–Crippen LogP) is 4.88. The van der Waals surface area contributed by atoms with Gasteiger partial charge < -0.3 is 4.57 Å². The monoisotopic (exact) mass is 366 g/mol. The SMILES string of the molecule is C=CCN1C(=O)S/C(=C\c2cc(C)n(-c3ccccc3CC)c2C)C1=O. The second-order valence-corrected chi connectivity index (χ2v) is 7.22. The average molecular weight is 366 g/mol. The van der Waals surface area contributed by atoms with Crippen molar-refractivity contribution in [2.24, 2.45) is 0 Å². The third-order valence-electron chi connectivity index (χ3n) is 4.56. The summed E-state index contributed by atoms with van der Waals surface area (Å²) in [4.78, 5) is 26.1. The van der Waals surface area contributed by atoms with Crippen molar-refractivity contribution in [3.8, 4) is 5.69 Å². The fraction of sp³-hybridized carbons (Fsp3) is 0.238. The Balaban J connectivity index is 2.03. The smallest absolute Gasteiger partial charge is 0.293 e. The third-order valence-corrected chi connectivity index (χ3v) is 5.46. The second-order valence-electron chi connectivity index (χ2n) is 6.23. The summed E-state index contributed by atoms with van der Waals surface area (Å²) in [5.41, 5.74) is 5.54. The largest absolute Gasteiger partial charge is 0.318 e. The zero-order valence-corrected chi connectivity index (χ0v) is 16.1. The summed E-state index contributed by atoms with van der Waals surface area (Å²) in [6.07, 6.45) is 4.33. The number of thioether (sulfide) groups is 1. The zero-order valence-electron chi connectivity index (χ0n) is 15.3. The number of rotatable bonds is 5. The first-order valence-corrected chi connectivity index (χ1v) is 9.43. The number of nitrogens with zero attached hydrogens (tertiary/aromatic N) is 2. The number of hydrogen-bond donors (Lipinski definition) is 0. The Kier molecular flexibility index (Phi) is 5.18. The Morgan fingerprint density at radius 3 is 2.62 bits per heavy atom. The Morgan fingerprint density at radius 2 is 1.92 bits per heavy atom. The van der Waals surface area contributed by atoms with E-state index in [9.17, 15) is 9.59 Å². The lowest BCUT2D eigenvalue weighted by molar-refractivity contribution is -0.122. The number of carbonyl (C=O) groups is 2. The molecule has 1 fully saturated rings. The van der Waals surface area contributed by atoms with Gasteiger partial charge >= 0.3 is 0 Å². The molecule has 2 heterocycles. The summed E-state index contributed by atoms with van der Waals surface area (Å²) in [5.74, 6) is -0.251. The molecule has 2 aromatic rings. The maximum absolute atomic E-state index is 12.4. The lowest BCUT2D eigenvalue weighted by Crippen LogP contribution is -2.27. The number of carbonyl (C=O) groups excluding carboxylic acids is 2. The zero-order chi connectivity index (χ0) is 18.8. The standard InChI is InChI=1S/C21H22N2O2S/c1-5-11-22-20(24)19(26-21(22)25)13-17-12-14(3)23(15(17)4)18-10-8-7-9-16(18)6-2/h5,7-10,12-13H,1,6,11H2,2-4H3/b19-13-. The molecular weight excluding hydrogens is 344 g/mol. The molecule has 1 aliphatic heterocycles. The van der Waals surface area contributed by atoms with Gasteiger partial charge in [-0.3, -0.25) is 14.5 Å². The van der Waals surface area contributed by atoms with Gasteiger partial charge in [0.2, 0.25) is 0 Å². The van der Waals surface area contributed by atoms with Crippen LogP contribution >= 0.6 is 11.8 Å². The molecular formula is C21H22N2O2S. The number of aryl methyl sites for hydroxylation is 2. The van der Waals surface area contributed by atoms with Crippen LogP contribution in [-0.2, 0) is 11.2 Å². The van der Waals surface area contributed by atoms with Crippen LogP contribution in [0.1, 0.15) is 29.4 Å². The van der Waals surface area contributed by atoms with Gasteiger partial charge in [-0.05, 0) is 61.4 Å². The molecule has 0 bridgehead atoms. The van der Waals surface area contributed by atoms with E-state index in [1.54, 1.807) is 6.08 Å². The summed E-state index contributed by atoms with van der Waals surface area (Å²) in [6, 6.07) is 10.4. The normalized spacial score (nSPS) is 16.0. The Bertz CT molecular complexity index is 924. The van der Waals surface area contributed by atoms with Crippen molar-refractivity contribution in [1.29, 1.82) is 0 Å². The van der Waals surface area contributed by atoms with Crippen LogP contribution in [0.5, 0.6) is 0 Å². The van der Waals surface area contributed by atoms with Gasteiger partial charge in [0.1, 0.15) is 0 Å². The minimum Gasteiger partial charge on any atom is -0.318 e. The maximum Gasteiger partial charge on any atom is 0.293 e. The van der Waals surface area contributed by atoms with Crippen LogP contribution in [0.4, 0.5) is 4.79 Å². The Morgan fingerprint density at radius 1 is 1.19 bits per heavy atom. The number of imide groups is 1. The lowest BCUT2D eigenvalue weighted by Gasteiger charge is -2.14. The Hall–Kier alpha value is -2.53. The fourth-order valence-corrected chi connectivity index (χ4v) is 4.10. The number of aromatic nitrogens is 1. The molecule has 1 aliphatic rings. The van der Waals surface area contributed by atoms with Gasteiger partial charge in [0.25, 0.3) is 11.1 Å². The first-order valence-electron chi connectivity index (χ1n) is 8.61. The topological polar surface area (TPSA) is 42.3 Å². The summed E-state index contributed by atoms with van der Waals surface area (Å²) >= 11 is 0.985. The van der Waals surface area contributed by atoms with E-state index in [-0.39, 0.29) is 17.7 Å². The highest BCUT2D eigenvalue weighted by Crippen LogP contribution is 2.34.